The minimum Gasteiger partial charge on any atom is -0.337 e. The predicted octanol–water partition coefficient (Wildman–Crippen LogP) is 3.61. The van der Waals surface area contributed by atoms with E-state index in [1.807, 2.05) is 18.2 Å². The van der Waals surface area contributed by atoms with Gasteiger partial charge in [0.15, 0.2) is 0 Å². The largest absolute Gasteiger partial charge is 0.337 e. The molecule has 2 unspecified atom stereocenters. The Bertz CT molecular complexity index is 852. The number of urea groups is 1. The molecule has 0 radical (unpaired) electrons. The third-order valence-electron chi connectivity index (χ3n) is 5.03. The average molecular weight is 355 g/mol. The fraction of sp³-hybridized carbons (Fsp3) is 0.526. The Morgan fingerprint density at radius 2 is 2.19 bits per heavy atom. The molecule has 1 aliphatic rings. The molecule has 1 aromatic carbocycles. The first kappa shape index (κ1) is 18.1. The van der Waals surface area contributed by atoms with Crippen molar-refractivity contribution in [2.45, 2.75) is 46.1 Å². The molecular weight excluding hydrogens is 330 g/mol. The number of nitrogens with one attached hydrogen (secondary N) is 3. The Morgan fingerprint density at radius 3 is 2.96 bits per heavy atom. The van der Waals surface area contributed by atoms with Crippen LogP contribution in [-0.4, -0.2) is 34.9 Å². The number of rotatable bonds is 4. The summed E-state index contributed by atoms with van der Waals surface area (Å²) in [6.45, 7) is 7.02. The van der Waals surface area contributed by atoms with Crippen molar-refractivity contribution in [1.82, 2.24) is 15.5 Å². The average Bonchev–Trinajstić information content (AvgIpc) is 2.99. The Balaban J connectivity index is 1.61. The van der Waals surface area contributed by atoms with Crippen molar-refractivity contribution in [1.29, 1.82) is 0 Å². The molecular formula is C19H25N5O2. The second-order valence-corrected chi connectivity index (χ2v) is 8.41. The van der Waals surface area contributed by atoms with Gasteiger partial charge in [0.05, 0.1) is 17.8 Å². The predicted molar refractivity (Wildman–Crippen MR) is 101 cm³/mol. The second-order valence-electron chi connectivity index (χ2n) is 8.41. The van der Waals surface area contributed by atoms with E-state index in [9.17, 15) is 9.59 Å². The van der Waals surface area contributed by atoms with E-state index in [2.05, 4.69) is 46.6 Å². The van der Waals surface area contributed by atoms with Crippen LogP contribution in [0.4, 0.5) is 10.5 Å². The number of nitrogens with zero attached hydrogens (tertiary/aromatic N) is 2. The lowest BCUT2D eigenvalue weighted by Gasteiger charge is -2.45. The molecule has 2 aromatic rings. The summed E-state index contributed by atoms with van der Waals surface area (Å²) in [5.74, 6) is 0. The molecule has 7 heteroatoms. The van der Waals surface area contributed by atoms with Crippen LogP contribution in [0.15, 0.2) is 29.4 Å². The Morgan fingerprint density at radius 1 is 1.38 bits per heavy atom. The summed E-state index contributed by atoms with van der Waals surface area (Å²) in [6, 6.07) is 5.32. The molecule has 0 saturated heterocycles. The molecule has 0 aliphatic heterocycles. The Hall–Kier alpha value is -2.66. The van der Waals surface area contributed by atoms with Gasteiger partial charge in [-0.05, 0) is 48.3 Å². The van der Waals surface area contributed by atoms with Crippen molar-refractivity contribution in [3.63, 3.8) is 0 Å². The quantitative estimate of drug-likeness (QED) is 0.577. The lowest BCUT2D eigenvalue weighted by Crippen LogP contribution is -2.45. The molecule has 26 heavy (non-hydrogen) atoms. The van der Waals surface area contributed by atoms with Gasteiger partial charge in [0.2, 0.25) is 6.08 Å². The van der Waals surface area contributed by atoms with E-state index in [1.165, 1.54) is 0 Å². The van der Waals surface area contributed by atoms with Gasteiger partial charge in [-0.1, -0.05) is 20.8 Å². The van der Waals surface area contributed by atoms with Gasteiger partial charge in [0.1, 0.15) is 0 Å². The zero-order chi connectivity index (χ0) is 18.8. The zero-order valence-electron chi connectivity index (χ0n) is 15.4. The number of aromatic amines is 1. The van der Waals surface area contributed by atoms with Crippen molar-refractivity contribution in [2.24, 2.45) is 15.8 Å². The van der Waals surface area contributed by atoms with Crippen molar-refractivity contribution in [2.75, 3.05) is 11.9 Å². The molecule has 1 saturated carbocycles. The molecule has 0 bridgehead atoms. The van der Waals surface area contributed by atoms with Gasteiger partial charge < -0.3 is 10.6 Å². The number of aromatic nitrogens is 2. The van der Waals surface area contributed by atoms with Crippen molar-refractivity contribution in [3.8, 4) is 0 Å². The van der Waals surface area contributed by atoms with Gasteiger partial charge in [-0.15, -0.1) is 0 Å². The topological polar surface area (TPSA) is 99.2 Å². The van der Waals surface area contributed by atoms with Gasteiger partial charge in [0, 0.05) is 17.6 Å². The zero-order valence-corrected chi connectivity index (χ0v) is 15.4. The lowest BCUT2D eigenvalue weighted by atomic mass is 9.63. The number of anilines is 1. The monoisotopic (exact) mass is 355 g/mol. The SMILES string of the molecule is CC1(C)CC(N=C=O)CC(C)(CNC(=O)Nc2ccc3cn[nH]c3c2)C1. The van der Waals surface area contributed by atoms with Gasteiger partial charge in [-0.3, -0.25) is 5.10 Å². The number of carbonyl (C=O) groups is 1. The number of carbonyl (C=O) groups excluding carboxylic acids is 2. The molecule has 7 nitrogen and oxygen atoms in total. The summed E-state index contributed by atoms with van der Waals surface area (Å²) in [6.07, 6.45) is 6.03. The maximum Gasteiger partial charge on any atom is 0.319 e. The van der Waals surface area contributed by atoms with Crippen LogP contribution in [0.1, 0.15) is 40.0 Å². The van der Waals surface area contributed by atoms with E-state index in [0.29, 0.717) is 12.2 Å². The molecule has 1 heterocycles. The van der Waals surface area contributed by atoms with Crippen LogP contribution in [0.2, 0.25) is 0 Å². The van der Waals surface area contributed by atoms with Crippen LogP contribution in [0, 0.1) is 10.8 Å². The van der Waals surface area contributed by atoms with E-state index < -0.39 is 0 Å². The van der Waals surface area contributed by atoms with Crippen LogP contribution in [-0.2, 0) is 4.79 Å². The first-order valence-corrected chi connectivity index (χ1v) is 8.84. The standard InChI is InChI=1S/C19H25N5O2/c1-18(2)7-15(21-12-25)8-19(3,10-18)11-20-17(26)23-14-5-4-13-9-22-24-16(13)6-14/h4-6,9,15H,7-8,10-11H2,1-3H3,(H,22,24)(H2,20,23,26). The Labute approximate surface area is 152 Å². The first-order chi connectivity index (χ1) is 12.3. The minimum absolute atomic E-state index is 0.0334. The third-order valence-corrected chi connectivity index (χ3v) is 5.03. The van der Waals surface area contributed by atoms with Crippen molar-refractivity contribution < 1.29 is 9.59 Å². The highest BCUT2D eigenvalue weighted by molar-refractivity contribution is 5.92. The number of aliphatic imine (C=N–C) groups is 1. The highest BCUT2D eigenvalue weighted by atomic mass is 16.2. The summed E-state index contributed by atoms with van der Waals surface area (Å²) in [5, 5.41) is 13.7. The molecule has 1 fully saturated rings. The van der Waals surface area contributed by atoms with Gasteiger partial charge >= 0.3 is 6.03 Å². The fourth-order valence-electron chi connectivity index (χ4n) is 4.36. The van der Waals surface area contributed by atoms with E-state index in [-0.39, 0.29) is 22.9 Å². The molecule has 138 valence electrons. The number of fused-ring (bicyclic) bond motifs is 1. The highest BCUT2D eigenvalue weighted by Gasteiger charge is 2.41. The molecule has 3 N–H and O–H groups in total. The van der Waals surface area contributed by atoms with Crippen molar-refractivity contribution in [3.05, 3.63) is 24.4 Å². The normalized spacial score (nSPS) is 24.7. The second kappa shape index (κ2) is 6.92. The summed E-state index contributed by atoms with van der Waals surface area (Å²) < 4.78 is 0. The maximum absolute atomic E-state index is 12.3. The third kappa shape index (κ3) is 4.29. The first-order valence-electron chi connectivity index (χ1n) is 8.84. The van der Waals surface area contributed by atoms with E-state index in [0.717, 1.165) is 30.2 Å². The summed E-state index contributed by atoms with van der Waals surface area (Å²) >= 11 is 0. The van der Waals surface area contributed by atoms with Crippen LogP contribution in [0.3, 0.4) is 0 Å². The summed E-state index contributed by atoms with van der Waals surface area (Å²) in [4.78, 5) is 26.9. The molecule has 2 amide bonds. The minimum atomic E-state index is -0.246. The number of amides is 2. The molecule has 3 rings (SSSR count). The van der Waals surface area contributed by atoms with Gasteiger partial charge in [-0.25, -0.2) is 14.6 Å². The van der Waals surface area contributed by atoms with E-state index in [4.69, 9.17) is 0 Å². The van der Waals surface area contributed by atoms with Crippen molar-refractivity contribution >= 4 is 28.7 Å². The maximum atomic E-state index is 12.3. The molecule has 0 spiro atoms. The van der Waals surface area contributed by atoms with Gasteiger partial charge in [-0.2, -0.15) is 5.10 Å². The van der Waals surface area contributed by atoms with Gasteiger partial charge in [0.25, 0.3) is 0 Å². The molecule has 2 atom stereocenters. The molecule has 1 aromatic heterocycles. The van der Waals surface area contributed by atoms with E-state index >= 15 is 0 Å². The summed E-state index contributed by atoms with van der Waals surface area (Å²) in [5.41, 5.74) is 1.54. The highest BCUT2D eigenvalue weighted by Crippen LogP contribution is 2.46. The fourth-order valence-corrected chi connectivity index (χ4v) is 4.36. The Kier molecular flexibility index (Phi) is 4.83. The van der Waals surface area contributed by atoms with Crippen LogP contribution >= 0.6 is 0 Å². The lowest BCUT2D eigenvalue weighted by molar-refractivity contribution is 0.0855. The van der Waals surface area contributed by atoms with E-state index in [1.54, 1.807) is 12.3 Å². The number of isocyanates is 1. The number of hydrogen-bond donors (Lipinski definition) is 3. The van der Waals surface area contributed by atoms with Crippen LogP contribution < -0.4 is 10.6 Å². The smallest absolute Gasteiger partial charge is 0.319 e. The number of hydrogen-bond acceptors (Lipinski definition) is 4. The molecule has 1 aliphatic carbocycles. The summed E-state index contributed by atoms with van der Waals surface area (Å²) in [7, 11) is 0. The number of benzene rings is 1. The van der Waals surface area contributed by atoms with Crippen LogP contribution in [0.5, 0.6) is 0 Å². The van der Waals surface area contributed by atoms with Crippen LogP contribution in [0.25, 0.3) is 10.9 Å². The number of H-pyrrole nitrogens is 1.